The fourth-order valence-electron chi connectivity index (χ4n) is 2.45. The highest BCUT2D eigenvalue weighted by Gasteiger charge is 2.06. The number of hydrogen-bond acceptors (Lipinski definition) is 0. The monoisotopic (exact) mass is 296 g/mol. The molecule has 1 aliphatic carbocycles. The molecule has 0 fully saturated rings. The highest BCUT2D eigenvalue weighted by Crippen LogP contribution is 2.30. The molecule has 0 N–H and O–H groups in total. The lowest BCUT2D eigenvalue weighted by Crippen LogP contribution is -1.91. The Morgan fingerprint density at radius 1 is 0.600 bits per heavy atom. The number of allylic oxidation sites excluding steroid dienone is 4. The van der Waals surface area contributed by atoms with Crippen molar-refractivity contribution in [3.63, 3.8) is 0 Å². The zero-order chi connectivity index (χ0) is 13.9. The summed E-state index contributed by atoms with van der Waals surface area (Å²) in [7, 11) is 5.52. The zero-order valence-corrected chi connectivity index (χ0v) is 13.7. The van der Waals surface area contributed by atoms with Crippen molar-refractivity contribution in [2.75, 3.05) is 0 Å². The van der Waals surface area contributed by atoms with Crippen LogP contribution in [0.4, 0.5) is 0 Å². The molecule has 0 radical (unpaired) electrons. The Morgan fingerprint density at radius 3 is 1.70 bits per heavy atom. The van der Waals surface area contributed by atoms with Crippen molar-refractivity contribution in [3.8, 4) is 11.1 Å². The van der Waals surface area contributed by atoms with Crippen molar-refractivity contribution in [1.82, 2.24) is 0 Å². The molecular formula is C18H18P2. The molecule has 0 aromatic heterocycles. The van der Waals surface area contributed by atoms with Gasteiger partial charge in [-0.05, 0) is 40.4 Å². The van der Waals surface area contributed by atoms with Crippen molar-refractivity contribution in [2.24, 2.45) is 0 Å². The molecule has 0 amide bonds. The normalized spacial score (nSPS) is 14.7. The van der Waals surface area contributed by atoms with Crippen molar-refractivity contribution in [1.29, 1.82) is 0 Å². The van der Waals surface area contributed by atoms with Crippen LogP contribution in [0.25, 0.3) is 16.7 Å². The van der Waals surface area contributed by atoms with Crippen LogP contribution in [0.3, 0.4) is 0 Å². The van der Waals surface area contributed by atoms with Gasteiger partial charge in [0.2, 0.25) is 0 Å². The summed E-state index contributed by atoms with van der Waals surface area (Å²) in [6.07, 6.45) is 6.73. The molecule has 2 atom stereocenters. The van der Waals surface area contributed by atoms with Gasteiger partial charge in [-0.2, -0.15) is 0 Å². The SMILES string of the molecule is PC1=CC=C(c2ccc(-c3ccc(P)cc3)cc2)CC1. The van der Waals surface area contributed by atoms with Gasteiger partial charge in [0.05, 0.1) is 0 Å². The number of hydrogen-bond donors (Lipinski definition) is 0. The van der Waals surface area contributed by atoms with Crippen LogP contribution in [0, 0.1) is 0 Å². The predicted octanol–water partition coefficient (Wildman–Crippen LogP) is 4.79. The van der Waals surface area contributed by atoms with Crippen molar-refractivity contribution < 1.29 is 0 Å². The van der Waals surface area contributed by atoms with Crippen LogP contribution < -0.4 is 5.30 Å². The summed E-state index contributed by atoms with van der Waals surface area (Å²) in [6.45, 7) is 0. The Kier molecular flexibility index (Phi) is 4.16. The van der Waals surface area contributed by atoms with Crippen LogP contribution in [-0.4, -0.2) is 0 Å². The highest BCUT2D eigenvalue weighted by atomic mass is 31.0. The average Bonchev–Trinajstić information content (AvgIpc) is 2.49. The molecule has 2 heteroatoms. The van der Waals surface area contributed by atoms with Gasteiger partial charge in [0.15, 0.2) is 0 Å². The Morgan fingerprint density at radius 2 is 1.15 bits per heavy atom. The summed E-state index contributed by atoms with van der Waals surface area (Å²) in [5, 5.41) is 2.61. The van der Waals surface area contributed by atoms with E-state index in [4.69, 9.17) is 0 Å². The molecular weight excluding hydrogens is 278 g/mol. The average molecular weight is 296 g/mol. The molecule has 1 aliphatic rings. The van der Waals surface area contributed by atoms with E-state index in [0.717, 1.165) is 12.8 Å². The molecule has 2 unspecified atom stereocenters. The van der Waals surface area contributed by atoms with Crippen molar-refractivity contribution in [3.05, 3.63) is 71.6 Å². The fraction of sp³-hybridized carbons (Fsp3) is 0.111. The molecule has 0 bridgehead atoms. The maximum atomic E-state index is 2.80. The first-order valence-corrected chi connectivity index (χ1v) is 7.99. The minimum Gasteiger partial charge on any atom is -0.110 e. The van der Waals surface area contributed by atoms with E-state index in [1.165, 1.54) is 32.9 Å². The Hall–Kier alpha value is -1.22. The standard InChI is InChI=1S/C18H18P2/c19-17-9-5-15(6-10-17)13-1-2-14(4-3-13)16-7-11-18(20)12-8-16/h1-7,9-11H,8,12,19-20H2. The molecule has 100 valence electrons. The smallest absolute Gasteiger partial charge is 0.0184 e. The maximum Gasteiger partial charge on any atom is -0.0184 e. The zero-order valence-electron chi connectivity index (χ0n) is 11.3. The quantitative estimate of drug-likeness (QED) is 0.699. The van der Waals surface area contributed by atoms with E-state index < -0.39 is 0 Å². The number of rotatable bonds is 2. The van der Waals surface area contributed by atoms with Crippen LogP contribution in [0.15, 0.2) is 66.0 Å². The molecule has 0 saturated carbocycles. The lowest BCUT2D eigenvalue weighted by molar-refractivity contribution is 1.04. The molecule has 0 spiro atoms. The Labute approximate surface area is 125 Å². The second-order valence-corrected chi connectivity index (χ2v) is 6.54. The Bertz CT molecular complexity index is 662. The summed E-state index contributed by atoms with van der Waals surface area (Å²) >= 11 is 0. The molecule has 2 aromatic rings. The summed E-state index contributed by atoms with van der Waals surface area (Å²) < 4.78 is 0. The van der Waals surface area contributed by atoms with Crippen LogP contribution in [0.2, 0.25) is 0 Å². The van der Waals surface area contributed by atoms with Crippen LogP contribution in [-0.2, 0) is 0 Å². The van der Waals surface area contributed by atoms with Crippen molar-refractivity contribution in [2.45, 2.75) is 12.8 Å². The minimum absolute atomic E-state index is 1.14. The van der Waals surface area contributed by atoms with Gasteiger partial charge < -0.3 is 0 Å². The van der Waals surface area contributed by atoms with Gasteiger partial charge in [0.25, 0.3) is 0 Å². The third-order valence-corrected chi connectivity index (χ3v) is 4.55. The van der Waals surface area contributed by atoms with Gasteiger partial charge >= 0.3 is 0 Å². The maximum absolute atomic E-state index is 2.80. The van der Waals surface area contributed by atoms with Gasteiger partial charge in [-0.25, -0.2) is 0 Å². The van der Waals surface area contributed by atoms with Crippen LogP contribution >= 0.6 is 18.5 Å². The fourth-order valence-corrected chi connectivity index (χ4v) is 2.88. The first-order chi connectivity index (χ1) is 9.72. The molecule has 0 heterocycles. The van der Waals surface area contributed by atoms with Crippen LogP contribution in [0.1, 0.15) is 18.4 Å². The second-order valence-electron chi connectivity index (χ2n) is 5.13. The van der Waals surface area contributed by atoms with E-state index in [1.807, 2.05) is 0 Å². The first-order valence-electron chi connectivity index (χ1n) is 6.84. The largest absolute Gasteiger partial charge is 0.110 e. The second kappa shape index (κ2) is 6.04. The van der Waals surface area contributed by atoms with E-state index in [2.05, 4.69) is 79.2 Å². The van der Waals surface area contributed by atoms with E-state index >= 15 is 0 Å². The first kappa shape index (κ1) is 13.7. The van der Waals surface area contributed by atoms with E-state index in [1.54, 1.807) is 0 Å². The summed E-state index contributed by atoms with van der Waals surface area (Å²) in [6, 6.07) is 17.5. The molecule has 0 aliphatic heterocycles. The van der Waals surface area contributed by atoms with Gasteiger partial charge in [0, 0.05) is 0 Å². The molecule has 0 saturated heterocycles. The lowest BCUT2D eigenvalue weighted by atomic mass is 9.95. The number of benzene rings is 2. The van der Waals surface area contributed by atoms with Gasteiger partial charge in [-0.1, -0.05) is 66.0 Å². The Balaban J connectivity index is 1.86. The van der Waals surface area contributed by atoms with E-state index in [-0.39, 0.29) is 0 Å². The molecule has 0 nitrogen and oxygen atoms in total. The van der Waals surface area contributed by atoms with Crippen molar-refractivity contribution >= 4 is 29.4 Å². The van der Waals surface area contributed by atoms with Gasteiger partial charge in [-0.15, -0.1) is 18.5 Å². The van der Waals surface area contributed by atoms with Gasteiger partial charge in [-0.3, -0.25) is 0 Å². The third kappa shape index (κ3) is 3.09. The highest BCUT2D eigenvalue weighted by molar-refractivity contribution is 7.27. The molecule has 2 aromatic carbocycles. The van der Waals surface area contributed by atoms with E-state index in [0.29, 0.717) is 0 Å². The lowest BCUT2D eigenvalue weighted by Gasteiger charge is -2.13. The summed E-state index contributed by atoms with van der Waals surface area (Å²) in [5.74, 6) is 0. The predicted molar refractivity (Wildman–Crippen MR) is 96.2 cm³/mol. The summed E-state index contributed by atoms with van der Waals surface area (Å²) in [4.78, 5) is 0. The molecule has 20 heavy (non-hydrogen) atoms. The van der Waals surface area contributed by atoms with Crippen LogP contribution in [0.5, 0.6) is 0 Å². The topological polar surface area (TPSA) is 0 Å². The molecule has 3 rings (SSSR count). The summed E-state index contributed by atoms with van der Waals surface area (Å²) in [5.41, 5.74) is 5.32. The third-order valence-electron chi connectivity index (χ3n) is 3.68. The van der Waals surface area contributed by atoms with E-state index in [9.17, 15) is 0 Å². The minimum atomic E-state index is 1.14. The van der Waals surface area contributed by atoms with Gasteiger partial charge in [0.1, 0.15) is 0 Å².